The van der Waals surface area contributed by atoms with Gasteiger partial charge in [0.05, 0.1) is 0 Å². The van der Waals surface area contributed by atoms with Crippen LogP contribution in [-0.4, -0.2) is 19.1 Å². The maximum absolute atomic E-state index is 5.90. The summed E-state index contributed by atoms with van der Waals surface area (Å²) < 4.78 is 0. The second-order valence-electron chi connectivity index (χ2n) is 6.18. The quantitative estimate of drug-likeness (QED) is 0.813. The lowest BCUT2D eigenvalue weighted by Gasteiger charge is -2.25. The molecule has 0 bridgehead atoms. The van der Waals surface area contributed by atoms with Crippen molar-refractivity contribution in [3.05, 3.63) is 29.3 Å². The van der Waals surface area contributed by atoms with Crippen molar-refractivity contribution in [1.29, 1.82) is 0 Å². The highest BCUT2D eigenvalue weighted by Gasteiger charge is 2.24. The summed E-state index contributed by atoms with van der Waals surface area (Å²) in [4.78, 5) is 2.56. The molecule has 1 aliphatic rings. The van der Waals surface area contributed by atoms with E-state index in [4.69, 9.17) is 5.73 Å². The van der Waals surface area contributed by atoms with Crippen molar-refractivity contribution in [2.45, 2.75) is 52.5 Å². The van der Waals surface area contributed by atoms with Gasteiger partial charge in [0.2, 0.25) is 0 Å². The monoisotopic (exact) mass is 260 g/mol. The molecule has 0 saturated heterocycles. The summed E-state index contributed by atoms with van der Waals surface area (Å²) >= 11 is 0. The zero-order chi connectivity index (χ0) is 13.8. The number of hydrogen-bond donors (Lipinski definition) is 1. The molecule has 0 amide bonds. The first-order valence-corrected chi connectivity index (χ1v) is 7.70. The minimum atomic E-state index is 0.239. The third-order valence-electron chi connectivity index (χ3n) is 3.90. The first-order chi connectivity index (χ1) is 9.10. The van der Waals surface area contributed by atoms with Crippen LogP contribution < -0.4 is 10.6 Å². The van der Waals surface area contributed by atoms with Gasteiger partial charge < -0.3 is 10.6 Å². The predicted octanol–water partition coefficient (Wildman–Crippen LogP) is 3.51. The second kappa shape index (κ2) is 6.42. The van der Waals surface area contributed by atoms with Gasteiger partial charge in [0.1, 0.15) is 0 Å². The fourth-order valence-electron chi connectivity index (χ4n) is 2.66. The lowest BCUT2D eigenvalue weighted by Crippen LogP contribution is -2.26. The average molecular weight is 260 g/mol. The molecule has 1 saturated carbocycles. The number of anilines is 1. The summed E-state index contributed by atoms with van der Waals surface area (Å²) in [6, 6.07) is 7.13. The van der Waals surface area contributed by atoms with E-state index in [1.807, 2.05) is 0 Å². The number of benzene rings is 1. The predicted molar refractivity (Wildman–Crippen MR) is 83.8 cm³/mol. The Morgan fingerprint density at radius 3 is 2.63 bits per heavy atom. The van der Waals surface area contributed by atoms with Crippen molar-refractivity contribution in [2.75, 3.05) is 18.0 Å². The minimum absolute atomic E-state index is 0.239. The molecule has 2 N–H and O–H groups in total. The van der Waals surface area contributed by atoms with E-state index < -0.39 is 0 Å². The van der Waals surface area contributed by atoms with Gasteiger partial charge in [-0.1, -0.05) is 13.0 Å². The van der Waals surface area contributed by atoms with Crippen LogP contribution in [-0.2, 0) is 6.42 Å². The van der Waals surface area contributed by atoms with E-state index in [9.17, 15) is 0 Å². The first kappa shape index (κ1) is 14.4. The molecule has 2 nitrogen and oxygen atoms in total. The topological polar surface area (TPSA) is 29.3 Å². The van der Waals surface area contributed by atoms with Crippen LogP contribution >= 0.6 is 0 Å². The maximum atomic E-state index is 5.90. The Hall–Kier alpha value is -1.02. The molecule has 1 atom stereocenters. The Balaban J connectivity index is 2.10. The molecule has 0 aliphatic heterocycles. The highest BCUT2D eigenvalue weighted by atomic mass is 15.1. The van der Waals surface area contributed by atoms with Crippen molar-refractivity contribution in [3.8, 4) is 0 Å². The van der Waals surface area contributed by atoms with Crippen molar-refractivity contribution >= 4 is 5.69 Å². The molecular formula is C17H28N2. The van der Waals surface area contributed by atoms with E-state index in [0.29, 0.717) is 0 Å². The Bertz CT molecular complexity index is 408. The maximum Gasteiger partial charge on any atom is 0.0369 e. The van der Waals surface area contributed by atoms with E-state index in [-0.39, 0.29) is 6.04 Å². The van der Waals surface area contributed by atoms with Crippen molar-refractivity contribution in [1.82, 2.24) is 0 Å². The lowest BCUT2D eigenvalue weighted by atomic mass is 10.0. The fraction of sp³-hybridized carbons (Fsp3) is 0.647. The van der Waals surface area contributed by atoms with Crippen LogP contribution in [0.5, 0.6) is 0 Å². The van der Waals surface area contributed by atoms with Crippen molar-refractivity contribution in [2.24, 2.45) is 11.7 Å². The Morgan fingerprint density at radius 1 is 1.37 bits per heavy atom. The molecule has 1 unspecified atom stereocenters. The van der Waals surface area contributed by atoms with Crippen molar-refractivity contribution < 1.29 is 0 Å². The second-order valence-corrected chi connectivity index (χ2v) is 6.18. The number of nitrogens with zero attached hydrogens (tertiary/aromatic N) is 1. The molecule has 0 aromatic heterocycles. The molecule has 19 heavy (non-hydrogen) atoms. The standard InChI is InChI=1S/C17H28N2/c1-4-9-19(12-15-5-6-15)17-8-7-16(11-14(3)18)13(2)10-17/h7-8,10,14-15H,4-6,9,11-12,18H2,1-3H3. The smallest absolute Gasteiger partial charge is 0.0369 e. The summed E-state index contributed by atoms with van der Waals surface area (Å²) in [6.07, 6.45) is 5.03. The number of rotatable bonds is 7. The van der Waals surface area contributed by atoms with Crippen LogP contribution in [0, 0.1) is 12.8 Å². The third kappa shape index (κ3) is 4.24. The molecule has 2 rings (SSSR count). The zero-order valence-corrected chi connectivity index (χ0v) is 12.7. The van der Waals surface area contributed by atoms with Gasteiger partial charge in [-0.3, -0.25) is 0 Å². The van der Waals surface area contributed by atoms with E-state index in [0.717, 1.165) is 12.3 Å². The summed E-state index contributed by atoms with van der Waals surface area (Å²) in [5, 5.41) is 0. The van der Waals surface area contributed by atoms with Crippen molar-refractivity contribution in [3.63, 3.8) is 0 Å². The van der Waals surface area contributed by atoms with E-state index in [1.54, 1.807) is 0 Å². The van der Waals surface area contributed by atoms with Crippen LogP contribution in [0.4, 0.5) is 5.69 Å². The van der Waals surface area contributed by atoms with Crippen LogP contribution in [0.15, 0.2) is 18.2 Å². The Morgan fingerprint density at radius 2 is 2.11 bits per heavy atom. The molecule has 106 valence electrons. The Kier molecular flexibility index (Phi) is 4.87. The van der Waals surface area contributed by atoms with Gasteiger partial charge in [0.25, 0.3) is 0 Å². The molecule has 1 fully saturated rings. The average Bonchev–Trinajstić information content (AvgIpc) is 3.15. The summed E-state index contributed by atoms with van der Waals surface area (Å²) in [5.41, 5.74) is 10.1. The van der Waals surface area contributed by atoms with E-state index >= 15 is 0 Å². The van der Waals surface area contributed by atoms with Gasteiger partial charge in [-0.15, -0.1) is 0 Å². The molecule has 2 heteroatoms. The van der Waals surface area contributed by atoms with E-state index in [1.165, 1.54) is 49.2 Å². The summed E-state index contributed by atoms with van der Waals surface area (Å²) in [6.45, 7) is 8.95. The number of aryl methyl sites for hydroxylation is 1. The van der Waals surface area contributed by atoms with Crippen LogP contribution in [0.1, 0.15) is 44.2 Å². The van der Waals surface area contributed by atoms with E-state index in [2.05, 4.69) is 43.9 Å². The molecule has 0 radical (unpaired) electrons. The van der Waals surface area contributed by atoms with Crippen LogP contribution in [0.3, 0.4) is 0 Å². The van der Waals surface area contributed by atoms with Gasteiger partial charge >= 0.3 is 0 Å². The van der Waals surface area contributed by atoms with Gasteiger partial charge in [0, 0.05) is 24.8 Å². The molecular weight excluding hydrogens is 232 g/mol. The SMILES string of the molecule is CCCN(CC1CC1)c1ccc(CC(C)N)c(C)c1. The highest BCUT2D eigenvalue weighted by Crippen LogP contribution is 2.32. The largest absolute Gasteiger partial charge is 0.371 e. The fourth-order valence-corrected chi connectivity index (χ4v) is 2.66. The summed E-state index contributed by atoms with van der Waals surface area (Å²) in [7, 11) is 0. The van der Waals surface area contributed by atoms with Gasteiger partial charge in [-0.05, 0) is 68.7 Å². The van der Waals surface area contributed by atoms with Crippen LogP contribution in [0.2, 0.25) is 0 Å². The van der Waals surface area contributed by atoms with Gasteiger partial charge in [-0.2, -0.15) is 0 Å². The molecule has 1 aliphatic carbocycles. The molecule has 0 spiro atoms. The Labute approximate surface area is 118 Å². The lowest BCUT2D eigenvalue weighted by molar-refractivity contribution is 0.706. The first-order valence-electron chi connectivity index (χ1n) is 7.70. The summed E-state index contributed by atoms with van der Waals surface area (Å²) in [5.74, 6) is 0.940. The number of hydrogen-bond acceptors (Lipinski definition) is 2. The zero-order valence-electron chi connectivity index (χ0n) is 12.7. The normalized spacial score (nSPS) is 16.4. The van der Waals surface area contributed by atoms with Crippen LogP contribution in [0.25, 0.3) is 0 Å². The van der Waals surface area contributed by atoms with Gasteiger partial charge in [0.15, 0.2) is 0 Å². The molecule has 1 aromatic rings. The third-order valence-corrected chi connectivity index (χ3v) is 3.90. The molecule has 1 aromatic carbocycles. The highest BCUT2D eigenvalue weighted by molar-refractivity contribution is 5.51. The van der Waals surface area contributed by atoms with Gasteiger partial charge in [-0.25, -0.2) is 0 Å². The molecule has 0 heterocycles. The minimum Gasteiger partial charge on any atom is -0.371 e. The number of nitrogens with two attached hydrogens (primary N) is 1.